The molecule has 1 amide bonds. The monoisotopic (exact) mass is 356 g/mol. The third kappa shape index (κ3) is 4.25. The smallest absolute Gasteiger partial charge is 0.243 e. The van der Waals surface area contributed by atoms with Crippen molar-refractivity contribution in [3.63, 3.8) is 0 Å². The fourth-order valence-corrected chi connectivity index (χ4v) is 4.05. The highest BCUT2D eigenvalue weighted by atomic mass is 32.2. The number of nitrogens with one attached hydrogen (secondary N) is 1. The number of methoxy groups -OCH3 is 1. The normalized spacial score (nSPS) is 16.4. The lowest BCUT2D eigenvalue weighted by Crippen LogP contribution is -3.12. The molecule has 2 rings (SSSR count). The van der Waals surface area contributed by atoms with E-state index in [-0.39, 0.29) is 23.9 Å². The Kier molecular flexibility index (Phi) is 6.20. The van der Waals surface area contributed by atoms with E-state index < -0.39 is 10.0 Å². The van der Waals surface area contributed by atoms with Crippen molar-refractivity contribution in [1.82, 2.24) is 9.21 Å². The molecular formula is C16H26N3O4S+. The number of quaternary nitrogens is 1. The van der Waals surface area contributed by atoms with Gasteiger partial charge in [0, 0.05) is 6.54 Å². The van der Waals surface area contributed by atoms with Crippen molar-refractivity contribution >= 4 is 15.9 Å². The van der Waals surface area contributed by atoms with Crippen molar-refractivity contribution in [3.05, 3.63) is 24.3 Å². The van der Waals surface area contributed by atoms with Gasteiger partial charge in [0.15, 0.2) is 0 Å². The van der Waals surface area contributed by atoms with Crippen LogP contribution in [-0.4, -0.2) is 77.0 Å². The number of hydrogen-bond donors (Lipinski definition) is 1. The molecule has 1 fully saturated rings. The van der Waals surface area contributed by atoms with E-state index in [1.807, 2.05) is 0 Å². The first-order valence-electron chi connectivity index (χ1n) is 8.11. The molecule has 1 N–H and O–H groups in total. The molecule has 0 unspecified atom stereocenters. The Bertz CT molecular complexity index is 652. The Morgan fingerprint density at radius 3 is 2.33 bits per heavy atom. The highest BCUT2D eigenvalue weighted by molar-refractivity contribution is 7.89. The predicted octanol–water partition coefficient (Wildman–Crippen LogP) is -0.937. The zero-order valence-electron chi connectivity index (χ0n) is 14.5. The van der Waals surface area contributed by atoms with Crippen LogP contribution in [0.4, 0.5) is 0 Å². The molecule has 0 spiro atoms. The van der Waals surface area contributed by atoms with Crippen molar-refractivity contribution in [2.24, 2.45) is 0 Å². The molecule has 0 bridgehead atoms. The van der Waals surface area contributed by atoms with Gasteiger partial charge in [0.05, 0.1) is 51.8 Å². The lowest BCUT2D eigenvalue weighted by atomic mass is 10.3. The lowest BCUT2D eigenvalue weighted by Gasteiger charge is -2.31. The van der Waals surface area contributed by atoms with Crippen LogP contribution in [0.15, 0.2) is 29.2 Å². The Morgan fingerprint density at radius 2 is 1.83 bits per heavy atom. The second-order valence-corrected chi connectivity index (χ2v) is 7.88. The maximum Gasteiger partial charge on any atom is 0.243 e. The number of carbonyl (C=O) groups is 1. The molecule has 0 saturated carbocycles. The summed E-state index contributed by atoms with van der Waals surface area (Å²) < 4.78 is 31.8. The molecule has 24 heavy (non-hydrogen) atoms. The second kappa shape index (κ2) is 7.96. The van der Waals surface area contributed by atoms with Crippen molar-refractivity contribution in [2.75, 3.05) is 53.4 Å². The van der Waals surface area contributed by atoms with Gasteiger partial charge >= 0.3 is 0 Å². The molecule has 8 heteroatoms. The molecule has 1 aromatic carbocycles. The summed E-state index contributed by atoms with van der Waals surface area (Å²) in [4.78, 5) is 15.7. The van der Waals surface area contributed by atoms with E-state index >= 15 is 0 Å². The van der Waals surface area contributed by atoms with E-state index in [1.165, 1.54) is 28.4 Å². The number of piperazine rings is 1. The van der Waals surface area contributed by atoms with E-state index in [0.29, 0.717) is 18.8 Å². The number of likely N-dealkylation sites (N-methyl/N-ethyl adjacent to an activating group) is 2. The molecule has 0 aromatic heterocycles. The molecule has 1 saturated heterocycles. The highest BCUT2D eigenvalue weighted by Gasteiger charge is 2.29. The Morgan fingerprint density at radius 1 is 1.25 bits per heavy atom. The van der Waals surface area contributed by atoms with Crippen LogP contribution in [0, 0.1) is 0 Å². The summed E-state index contributed by atoms with van der Waals surface area (Å²) in [5.41, 5.74) is 0. The molecule has 7 nitrogen and oxygen atoms in total. The van der Waals surface area contributed by atoms with Crippen molar-refractivity contribution in [3.8, 4) is 5.75 Å². The standard InChI is InChI=1S/C16H25N3O4S/c1-4-19(13-16(20)18-11-9-17(2)10-12-18)24(21,22)15-7-5-14(23-3)6-8-15/h5-8H,4,9-13H2,1-3H3/p+1. The van der Waals surface area contributed by atoms with Crippen LogP contribution >= 0.6 is 0 Å². The first-order valence-corrected chi connectivity index (χ1v) is 9.55. The van der Waals surface area contributed by atoms with Crippen LogP contribution in [0.5, 0.6) is 5.75 Å². The molecular weight excluding hydrogens is 330 g/mol. The van der Waals surface area contributed by atoms with Gasteiger partial charge in [0.25, 0.3) is 0 Å². The zero-order chi connectivity index (χ0) is 17.7. The first-order chi connectivity index (χ1) is 11.4. The number of sulfonamides is 1. The number of nitrogens with zero attached hydrogens (tertiary/aromatic N) is 2. The van der Waals surface area contributed by atoms with Gasteiger partial charge in [-0.2, -0.15) is 4.31 Å². The minimum absolute atomic E-state index is 0.121. The average molecular weight is 356 g/mol. The average Bonchev–Trinajstić information content (AvgIpc) is 2.59. The molecule has 1 heterocycles. The largest absolute Gasteiger partial charge is 0.497 e. The summed E-state index contributed by atoms with van der Waals surface area (Å²) in [6.45, 7) is 4.99. The molecule has 0 radical (unpaired) electrons. The predicted molar refractivity (Wildman–Crippen MR) is 90.6 cm³/mol. The van der Waals surface area contributed by atoms with Crippen LogP contribution in [0.25, 0.3) is 0 Å². The Hall–Kier alpha value is -1.64. The van der Waals surface area contributed by atoms with Crippen LogP contribution in [0.3, 0.4) is 0 Å². The molecule has 1 aliphatic heterocycles. The van der Waals surface area contributed by atoms with Crippen molar-refractivity contribution in [2.45, 2.75) is 11.8 Å². The number of carbonyl (C=O) groups excluding carboxylic acids is 1. The second-order valence-electron chi connectivity index (χ2n) is 5.94. The summed E-state index contributed by atoms with van der Waals surface area (Å²) in [5.74, 6) is 0.453. The van der Waals surface area contributed by atoms with E-state index in [1.54, 1.807) is 24.0 Å². The van der Waals surface area contributed by atoms with Gasteiger partial charge in [0.2, 0.25) is 15.9 Å². The van der Waals surface area contributed by atoms with Gasteiger partial charge < -0.3 is 14.5 Å². The van der Waals surface area contributed by atoms with Crippen molar-refractivity contribution < 1.29 is 22.8 Å². The van der Waals surface area contributed by atoms with Crippen molar-refractivity contribution in [1.29, 1.82) is 0 Å². The lowest BCUT2D eigenvalue weighted by molar-refractivity contribution is -0.883. The minimum Gasteiger partial charge on any atom is -0.497 e. The van der Waals surface area contributed by atoms with Gasteiger partial charge in [-0.3, -0.25) is 4.79 Å². The van der Waals surface area contributed by atoms with Crippen LogP contribution in [0.1, 0.15) is 6.92 Å². The van der Waals surface area contributed by atoms with Gasteiger partial charge in [-0.05, 0) is 24.3 Å². The number of rotatable bonds is 6. The molecule has 134 valence electrons. The van der Waals surface area contributed by atoms with E-state index in [0.717, 1.165) is 13.1 Å². The van der Waals surface area contributed by atoms with E-state index in [9.17, 15) is 13.2 Å². The number of ether oxygens (including phenoxy) is 1. The molecule has 0 atom stereocenters. The summed E-state index contributed by atoms with van der Waals surface area (Å²) in [6.07, 6.45) is 0. The summed E-state index contributed by atoms with van der Waals surface area (Å²) in [6, 6.07) is 6.21. The van der Waals surface area contributed by atoms with Gasteiger partial charge in [-0.25, -0.2) is 8.42 Å². The maximum absolute atomic E-state index is 12.7. The Labute approximate surface area is 143 Å². The van der Waals surface area contributed by atoms with Gasteiger partial charge in [0.1, 0.15) is 5.75 Å². The molecule has 0 aliphatic carbocycles. The van der Waals surface area contributed by atoms with Gasteiger partial charge in [-0.1, -0.05) is 6.92 Å². The first kappa shape index (κ1) is 18.7. The Balaban J connectivity index is 2.09. The third-order valence-electron chi connectivity index (χ3n) is 4.33. The number of hydrogen-bond acceptors (Lipinski definition) is 4. The highest BCUT2D eigenvalue weighted by Crippen LogP contribution is 2.19. The minimum atomic E-state index is -3.70. The fraction of sp³-hybridized carbons (Fsp3) is 0.562. The zero-order valence-corrected chi connectivity index (χ0v) is 15.3. The van der Waals surface area contributed by atoms with Crippen LogP contribution < -0.4 is 9.64 Å². The SMILES string of the molecule is CCN(CC(=O)N1CC[NH+](C)CC1)S(=O)(=O)c1ccc(OC)cc1. The summed E-state index contributed by atoms with van der Waals surface area (Å²) in [7, 11) is -0.0779. The fourth-order valence-electron chi connectivity index (χ4n) is 2.65. The summed E-state index contributed by atoms with van der Waals surface area (Å²) in [5, 5.41) is 0. The topological polar surface area (TPSA) is 71.4 Å². The van der Waals surface area contributed by atoms with Gasteiger partial charge in [-0.15, -0.1) is 0 Å². The van der Waals surface area contributed by atoms with E-state index in [4.69, 9.17) is 4.74 Å². The van der Waals surface area contributed by atoms with Crippen LogP contribution in [-0.2, 0) is 14.8 Å². The van der Waals surface area contributed by atoms with Crippen LogP contribution in [0.2, 0.25) is 0 Å². The molecule has 1 aromatic rings. The quantitative estimate of drug-likeness (QED) is 0.714. The number of amides is 1. The molecule has 1 aliphatic rings. The third-order valence-corrected chi connectivity index (χ3v) is 6.27. The number of benzene rings is 1. The van der Waals surface area contributed by atoms with E-state index in [2.05, 4.69) is 7.05 Å². The maximum atomic E-state index is 12.7. The summed E-state index contributed by atoms with van der Waals surface area (Å²) >= 11 is 0.